The van der Waals surface area contributed by atoms with Crippen LogP contribution in [0.4, 0.5) is 0 Å². The Morgan fingerprint density at radius 3 is 2.44 bits per heavy atom. The molecule has 0 saturated heterocycles. The molecule has 0 aromatic heterocycles. The minimum absolute atomic E-state index is 0.466. The van der Waals surface area contributed by atoms with E-state index in [1.165, 1.54) is 0 Å². The van der Waals surface area contributed by atoms with Crippen molar-refractivity contribution in [3.63, 3.8) is 0 Å². The molecule has 2 rings (SSSR count). The maximum Gasteiger partial charge on any atom is 0.163 e. The molecule has 1 aromatic rings. The van der Waals surface area contributed by atoms with Crippen LogP contribution >= 0.6 is 0 Å². The maximum absolute atomic E-state index is 9.89. The van der Waals surface area contributed by atoms with E-state index in [0.29, 0.717) is 6.42 Å². The Morgan fingerprint density at radius 2 is 1.94 bits per heavy atom. The van der Waals surface area contributed by atoms with Crippen molar-refractivity contribution in [3.8, 4) is 11.5 Å². The zero-order valence-corrected chi connectivity index (χ0v) is 10.0. The van der Waals surface area contributed by atoms with Gasteiger partial charge >= 0.3 is 0 Å². The van der Waals surface area contributed by atoms with E-state index >= 15 is 0 Å². The second kappa shape index (κ2) is 3.98. The van der Waals surface area contributed by atoms with E-state index in [1.807, 2.05) is 13.0 Å². The fourth-order valence-electron chi connectivity index (χ4n) is 2.03. The highest BCUT2D eigenvalue weighted by atomic mass is 16.5. The largest absolute Gasteiger partial charge is 0.493 e. The fraction of sp³-hybridized carbons (Fsp3) is 0.538. The molecule has 3 heteroatoms. The maximum atomic E-state index is 9.89. The predicted molar refractivity (Wildman–Crippen MR) is 62.2 cm³/mol. The number of ether oxygens (including phenoxy) is 2. The monoisotopic (exact) mass is 222 g/mol. The summed E-state index contributed by atoms with van der Waals surface area (Å²) in [4.78, 5) is 0. The summed E-state index contributed by atoms with van der Waals surface area (Å²) >= 11 is 0. The number of aryl methyl sites for hydroxylation is 1. The van der Waals surface area contributed by atoms with Gasteiger partial charge in [-0.2, -0.15) is 0 Å². The minimum atomic E-state index is -0.466. The molecule has 0 aliphatic heterocycles. The van der Waals surface area contributed by atoms with E-state index in [4.69, 9.17) is 9.47 Å². The van der Waals surface area contributed by atoms with Crippen molar-refractivity contribution in [3.05, 3.63) is 23.3 Å². The summed E-state index contributed by atoms with van der Waals surface area (Å²) in [5, 5.41) is 9.89. The van der Waals surface area contributed by atoms with Crippen molar-refractivity contribution in [2.24, 2.45) is 0 Å². The third-order valence-electron chi connectivity index (χ3n) is 3.08. The van der Waals surface area contributed by atoms with Crippen LogP contribution in [0.2, 0.25) is 0 Å². The average molecular weight is 222 g/mol. The smallest absolute Gasteiger partial charge is 0.163 e. The Kier molecular flexibility index (Phi) is 2.80. The molecule has 0 bridgehead atoms. The second-order valence-electron chi connectivity index (χ2n) is 4.55. The van der Waals surface area contributed by atoms with E-state index < -0.39 is 5.60 Å². The van der Waals surface area contributed by atoms with Gasteiger partial charge in [0.1, 0.15) is 0 Å². The van der Waals surface area contributed by atoms with Gasteiger partial charge in [-0.25, -0.2) is 0 Å². The predicted octanol–water partition coefficient (Wildman–Crippen LogP) is 2.08. The third kappa shape index (κ3) is 2.14. The third-order valence-corrected chi connectivity index (χ3v) is 3.08. The Labute approximate surface area is 96.0 Å². The molecule has 0 amide bonds. The summed E-state index contributed by atoms with van der Waals surface area (Å²) in [5.74, 6) is 1.51. The number of rotatable bonds is 4. The van der Waals surface area contributed by atoms with E-state index in [1.54, 1.807) is 14.2 Å². The molecule has 0 atom stereocenters. The molecule has 0 spiro atoms. The van der Waals surface area contributed by atoms with Gasteiger partial charge in [0.05, 0.1) is 19.8 Å². The lowest BCUT2D eigenvalue weighted by Crippen LogP contribution is -2.11. The first-order valence-corrected chi connectivity index (χ1v) is 5.52. The minimum Gasteiger partial charge on any atom is -0.493 e. The van der Waals surface area contributed by atoms with Crippen LogP contribution < -0.4 is 9.47 Å². The van der Waals surface area contributed by atoms with Gasteiger partial charge in [-0.3, -0.25) is 0 Å². The van der Waals surface area contributed by atoms with Gasteiger partial charge < -0.3 is 14.6 Å². The van der Waals surface area contributed by atoms with E-state index in [2.05, 4.69) is 6.07 Å². The van der Waals surface area contributed by atoms with E-state index in [-0.39, 0.29) is 0 Å². The SMILES string of the molecule is COc1cc(CC2(O)CC2)cc(C)c1OC. The highest BCUT2D eigenvalue weighted by Gasteiger charge is 2.40. The molecular weight excluding hydrogens is 204 g/mol. The lowest BCUT2D eigenvalue weighted by atomic mass is 10.0. The van der Waals surface area contributed by atoms with E-state index in [0.717, 1.165) is 35.5 Å². The number of hydrogen-bond acceptors (Lipinski definition) is 3. The first-order chi connectivity index (χ1) is 7.58. The van der Waals surface area contributed by atoms with Gasteiger partial charge in [-0.1, -0.05) is 6.07 Å². The lowest BCUT2D eigenvalue weighted by Gasteiger charge is -2.14. The lowest BCUT2D eigenvalue weighted by molar-refractivity contribution is 0.151. The van der Waals surface area contributed by atoms with Crippen molar-refractivity contribution >= 4 is 0 Å². The molecular formula is C13H18O3. The van der Waals surface area contributed by atoms with Gasteiger partial charge in [-0.05, 0) is 37.0 Å². The summed E-state index contributed by atoms with van der Waals surface area (Å²) in [6.45, 7) is 1.99. The van der Waals surface area contributed by atoms with Crippen LogP contribution in [0.25, 0.3) is 0 Å². The first-order valence-electron chi connectivity index (χ1n) is 5.52. The van der Waals surface area contributed by atoms with E-state index in [9.17, 15) is 5.11 Å². The van der Waals surface area contributed by atoms with Gasteiger partial charge in [0.2, 0.25) is 0 Å². The highest BCUT2D eigenvalue weighted by molar-refractivity contribution is 5.49. The first kappa shape index (κ1) is 11.3. The van der Waals surface area contributed by atoms with Crippen LogP contribution in [-0.2, 0) is 6.42 Å². The van der Waals surface area contributed by atoms with Crippen molar-refractivity contribution in [1.29, 1.82) is 0 Å². The summed E-state index contributed by atoms with van der Waals surface area (Å²) in [7, 11) is 3.27. The number of methoxy groups -OCH3 is 2. The van der Waals surface area contributed by atoms with Crippen LogP contribution in [0.1, 0.15) is 24.0 Å². The molecule has 1 aliphatic carbocycles. The van der Waals surface area contributed by atoms with Crippen molar-refractivity contribution < 1.29 is 14.6 Å². The van der Waals surface area contributed by atoms with Crippen LogP contribution in [0, 0.1) is 6.92 Å². The molecule has 1 aliphatic rings. The fourth-order valence-corrected chi connectivity index (χ4v) is 2.03. The van der Waals surface area contributed by atoms with Crippen LogP contribution in [-0.4, -0.2) is 24.9 Å². The molecule has 1 aromatic carbocycles. The highest BCUT2D eigenvalue weighted by Crippen LogP contribution is 2.40. The second-order valence-corrected chi connectivity index (χ2v) is 4.55. The van der Waals surface area contributed by atoms with Gasteiger partial charge in [0.15, 0.2) is 11.5 Å². The summed E-state index contributed by atoms with van der Waals surface area (Å²) in [6, 6.07) is 4.00. The Bertz CT molecular complexity index is 394. The van der Waals surface area contributed by atoms with Crippen molar-refractivity contribution in [2.45, 2.75) is 31.8 Å². The molecule has 3 nitrogen and oxygen atoms in total. The van der Waals surface area contributed by atoms with Crippen molar-refractivity contribution in [2.75, 3.05) is 14.2 Å². The topological polar surface area (TPSA) is 38.7 Å². The number of benzene rings is 1. The van der Waals surface area contributed by atoms with Crippen LogP contribution in [0.5, 0.6) is 11.5 Å². The van der Waals surface area contributed by atoms with Gasteiger partial charge in [0.25, 0.3) is 0 Å². The molecule has 1 saturated carbocycles. The standard InChI is InChI=1S/C13H18O3/c1-9-6-10(8-13(14)4-5-13)7-11(15-2)12(9)16-3/h6-7,14H,4-5,8H2,1-3H3. The molecule has 0 unspecified atom stereocenters. The molecule has 88 valence electrons. The van der Waals surface area contributed by atoms with Crippen molar-refractivity contribution in [1.82, 2.24) is 0 Å². The average Bonchev–Trinajstić information content (AvgIpc) is 2.95. The quantitative estimate of drug-likeness (QED) is 0.847. The zero-order chi connectivity index (χ0) is 11.8. The normalized spacial score (nSPS) is 17.0. The molecule has 16 heavy (non-hydrogen) atoms. The summed E-state index contributed by atoms with van der Waals surface area (Å²) in [5.41, 5.74) is 1.68. The van der Waals surface area contributed by atoms with Crippen LogP contribution in [0.15, 0.2) is 12.1 Å². The van der Waals surface area contributed by atoms with Gasteiger partial charge in [-0.15, -0.1) is 0 Å². The summed E-state index contributed by atoms with van der Waals surface area (Å²) < 4.78 is 10.6. The number of aliphatic hydroxyl groups is 1. The molecule has 0 heterocycles. The number of hydrogen-bond donors (Lipinski definition) is 1. The Morgan fingerprint density at radius 1 is 1.25 bits per heavy atom. The Balaban J connectivity index is 2.30. The molecule has 0 radical (unpaired) electrons. The molecule has 1 fully saturated rings. The van der Waals surface area contributed by atoms with Gasteiger partial charge in [0, 0.05) is 6.42 Å². The Hall–Kier alpha value is -1.22. The van der Waals surface area contributed by atoms with Crippen LogP contribution in [0.3, 0.4) is 0 Å². The zero-order valence-electron chi connectivity index (χ0n) is 10.0. The molecule has 1 N–H and O–H groups in total. The summed E-state index contributed by atoms with van der Waals surface area (Å²) in [6.07, 6.45) is 2.51.